The lowest BCUT2D eigenvalue weighted by molar-refractivity contribution is -0.384. The van der Waals surface area contributed by atoms with Crippen molar-refractivity contribution >= 4 is 40.5 Å². The highest BCUT2D eigenvalue weighted by Gasteiger charge is 2.14. The van der Waals surface area contributed by atoms with Gasteiger partial charge in [-0.3, -0.25) is 20.0 Å². The SMILES string of the molecule is Cc1cc([N+](=O)[O-])ccc1NC(=O)c1cc(-c2ccc(Cl)c(Cl)c2)n[nH]1. The molecule has 26 heavy (non-hydrogen) atoms. The van der Waals surface area contributed by atoms with Gasteiger partial charge in [0.2, 0.25) is 0 Å². The average molecular weight is 391 g/mol. The summed E-state index contributed by atoms with van der Waals surface area (Å²) in [5, 5.41) is 21.1. The molecule has 7 nitrogen and oxygen atoms in total. The molecule has 2 aromatic carbocycles. The summed E-state index contributed by atoms with van der Waals surface area (Å²) in [6.07, 6.45) is 0. The minimum absolute atomic E-state index is 0.0380. The molecule has 0 aliphatic rings. The van der Waals surface area contributed by atoms with Crippen LogP contribution in [-0.4, -0.2) is 21.0 Å². The zero-order valence-electron chi connectivity index (χ0n) is 13.4. The molecule has 0 radical (unpaired) electrons. The molecule has 0 aliphatic heterocycles. The number of nitrogens with zero attached hydrogens (tertiary/aromatic N) is 2. The molecular formula is C17H12Cl2N4O3. The summed E-state index contributed by atoms with van der Waals surface area (Å²) in [7, 11) is 0. The number of amides is 1. The minimum Gasteiger partial charge on any atom is -0.320 e. The molecular weight excluding hydrogens is 379 g/mol. The van der Waals surface area contributed by atoms with Gasteiger partial charge in [0, 0.05) is 23.4 Å². The summed E-state index contributed by atoms with van der Waals surface area (Å²) in [6.45, 7) is 1.68. The molecule has 1 aromatic heterocycles. The second-order valence-corrected chi connectivity index (χ2v) is 6.32. The van der Waals surface area contributed by atoms with Crippen LogP contribution >= 0.6 is 23.2 Å². The summed E-state index contributed by atoms with van der Waals surface area (Å²) < 4.78 is 0. The number of aromatic nitrogens is 2. The average Bonchev–Trinajstić information content (AvgIpc) is 3.09. The van der Waals surface area contributed by atoms with Crippen LogP contribution < -0.4 is 5.32 Å². The van der Waals surface area contributed by atoms with Crippen molar-refractivity contribution in [2.75, 3.05) is 5.32 Å². The molecule has 0 spiro atoms. The lowest BCUT2D eigenvalue weighted by Crippen LogP contribution is -2.13. The van der Waals surface area contributed by atoms with Crippen molar-refractivity contribution in [2.45, 2.75) is 6.92 Å². The monoisotopic (exact) mass is 390 g/mol. The number of aromatic amines is 1. The fourth-order valence-electron chi connectivity index (χ4n) is 2.33. The van der Waals surface area contributed by atoms with Crippen LogP contribution in [0.5, 0.6) is 0 Å². The Morgan fingerprint density at radius 2 is 1.92 bits per heavy atom. The van der Waals surface area contributed by atoms with Crippen LogP contribution in [-0.2, 0) is 0 Å². The van der Waals surface area contributed by atoms with Crippen LogP contribution in [0.2, 0.25) is 10.0 Å². The fourth-order valence-corrected chi connectivity index (χ4v) is 2.63. The van der Waals surface area contributed by atoms with Gasteiger partial charge < -0.3 is 5.32 Å². The van der Waals surface area contributed by atoms with Crippen molar-refractivity contribution < 1.29 is 9.72 Å². The van der Waals surface area contributed by atoms with Crippen molar-refractivity contribution in [3.05, 3.63) is 73.9 Å². The molecule has 2 N–H and O–H groups in total. The van der Waals surface area contributed by atoms with Gasteiger partial charge in [-0.15, -0.1) is 0 Å². The predicted molar refractivity (Wildman–Crippen MR) is 99.8 cm³/mol. The van der Waals surface area contributed by atoms with Crippen molar-refractivity contribution in [3.8, 4) is 11.3 Å². The maximum atomic E-state index is 12.4. The van der Waals surface area contributed by atoms with Crippen LogP contribution in [0.25, 0.3) is 11.3 Å². The third kappa shape index (κ3) is 3.68. The topological polar surface area (TPSA) is 101 Å². The molecule has 0 bridgehead atoms. The van der Waals surface area contributed by atoms with Crippen LogP contribution in [0.4, 0.5) is 11.4 Å². The van der Waals surface area contributed by atoms with E-state index >= 15 is 0 Å². The Labute approximate surface area is 158 Å². The van der Waals surface area contributed by atoms with Crippen molar-refractivity contribution in [1.82, 2.24) is 10.2 Å². The van der Waals surface area contributed by atoms with Crippen molar-refractivity contribution in [3.63, 3.8) is 0 Å². The molecule has 0 saturated heterocycles. The molecule has 1 amide bonds. The number of hydrogen-bond donors (Lipinski definition) is 2. The number of nitro benzene ring substituents is 1. The van der Waals surface area contributed by atoms with Gasteiger partial charge in [0.1, 0.15) is 5.69 Å². The van der Waals surface area contributed by atoms with E-state index in [1.807, 2.05) is 0 Å². The normalized spacial score (nSPS) is 10.6. The summed E-state index contributed by atoms with van der Waals surface area (Å²) in [5.41, 5.74) is 2.51. The maximum Gasteiger partial charge on any atom is 0.273 e. The molecule has 9 heteroatoms. The van der Waals surface area contributed by atoms with E-state index in [-0.39, 0.29) is 11.4 Å². The number of aryl methyl sites for hydroxylation is 1. The molecule has 0 saturated carbocycles. The van der Waals surface area contributed by atoms with Gasteiger partial charge >= 0.3 is 0 Å². The zero-order valence-corrected chi connectivity index (χ0v) is 14.9. The Kier molecular flexibility index (Phi) is 4.92. The number of nitro groups is 1. The Bertz CT molecular complexity index is 1020. The van der Waals surface area contributed by atoms with Gasteiger partial charge in [0.25, 0.3) is 11.6 Å². The first-order chi connectivity index (χ1) is 12.3. The Hall–Kier alpha value is -2.90. The lowest BCUT2D eigenvalue weighted by atomic mass is 10.1. The van der Waals surface area contributed by atoms with E-state index in [1.54, 1.807) is 31.2 Å². The van der Waals surface area contributed by atoms with E-state index in [0.717, 1.165) is 0 Å². The molecule has 3 rings (SSSR count). The summed E-state index contributed by atoms with van der Waals surface area (Å²) >= 11 is 11.9. The number of halogens is 2. The molecule has 1 heterocycles. The van der Waals surface area contributed by atoms with Crippen LogP contribution in [0.3, 0.4) is 0 Å². The number of non-ortho nitro benzene ring substituents is 1. The van der Waals surface area contributed by atoms with Gasteiger partial charge in [0.05, 0.1) is 20.7 Å². The third-order valence-corrected chi connectivity index (χ3v) is 4.45. The molecule has 0 unspecified atom stereocenters. The number of anilines is 1. The second-order valence-electron chi connectivity index (χ2n) is 5.51. The van der Waals surface area contributed by atoms with Gasteiger partial charge in [-0.05, 0) is 36.8 Å². The molecule has 0 fully saturated rings. The number of hydrogen-bond acceptors (Lipinski definition) is 4. The highest BCUT2D eigenvalue weighted by atomic mass is 35.5. The van der Waals surface area contributed by atoms with Gasteiger partial charge in [0.15, 0.2) is 0 Å². The number of nitrogens with one attached hydrogen (secondary N) is 2. The third-order valence-electron chi connectivity index (χ3n) is 3.71. The lowest BCUT2D eigenvalue weighted by Gasteiger charge is -2.06. The van der Waals surface area contributed by atoms with Crippen molar-refractivity contribution in [2.24, 2.45) is 0 Å². The first-order valence-electron chi connectivity index (χ1n) is 7.42. The first kappa shape index (κ1) is 17.9. The Morgan fingerprint density at radius 3 is 2.58 bits per heavy atom. The highest BCUT2D eigenvalue weighted by molar-refractivity contribution is 6.42. The maximum absolute atomic E-state index is 12.4. The summed E-state index contributed by atoms with van der Waals surface area (Å²) in [5.74, 6) is -0.416. The van der Waals surface area contributed by atoms with E-state index < -0.39 is 10.8 Å². The van der Waals surface area contributed by atoms with Crippen molar-refractivity contribution in [1.29, 1.82) is 0 Å². The Morgan fingerprint density at radius 1 is 1.15 bits per heavy atom. The smallest absolute Gasteiger partial charge is 0.273 e. The van der Waals surface area contributed by atoms with E-state index in [0.29, 0.717) is 32.6 Å². The molecule has 0 aliphatic carbocycles. The molecule has 3 aromatic rings. The van der Waals surface area contributed by atoms with Crippen LogP contribution in [0, 0.1) is 17.0 Å². The number of rotatable bonds is 4. The van der Waals surface area contributed by atoms with Gasteiger partial charge in [-0.25, -0.2) is 0 Å². The fraction of sp³-hybridized carbons (Fsp3) is 0.0588. The zero-order chi connectivity index (χ0) is 18.8. The Balaban J connectivity index is 1.80. The number of carbonyl (C=O) groups excluding carboxylic acids is 1. The van der Waals surface area contributed by atoms with E-state index in [2.05, 4.69) is 15.5 Å². The quantitative estimate of drug-likeness (QED) is 0.490. The second kappa shape index (κ2) is 7.15. The first-order valence-corrected chi connectivity index (χ1v) is 8.18. The van der Waals surface area contributed by atoms with Gasteiger partial charge in [-0.2, -0.15) is 5.10 Å². The van der Waals surface area contributed by atoms with E-state index in [1.165, 1.54) is 18.2 Å². The van der Waals surface area contributed by atoms with E-state index in [4.69, 9.17) is 23.2 Å². The van der Waals surface area contributed by atoms with Crippen LogP contribution in [0.15, 0.2) is 42.5 Å². The standard InChI is InChI=1S/C17H12Cl2N4O3/c1-9-6-11(23(25)26)3-5-14(9)20-17(24)16-8-15(21-22-16)10-2-4-12(18)13(19)7-10/h2-8H,1H3,(H,20,24)(H,21,22). The summed E-state index contributed by atoms with van der Waals surface area (Å²) in [4.78, 5) is 22.7. The predicted octanol–water partition coefficient (Wildman–Crippen LogP) is 4.85. The largest absolute Gasteiger partial charge is 0.320 e. The van der Waals surface area contributed by atoms with Crippen LogP contribution in [0.1, 0.15) is 16.1 Å². The van der Waals surface area contributed by atoms with E-state index in [9.17, 15) is 14.9 Å². The number of benzene rings is 2. The highest BCUT2D eigenvalue weighted by Crippen LogP contribution is 2.28. The van der Waals surface area contributed by atoms with Gasteiger partial charge in [-0.1, -0.05) is 29.3 Å². The number of H-pyrrole nitrogens is 1. The summed E-state index contributed by atoms with van der Waals surface area (Å²) in [6, 6.07) is 10.8. The molecule has 132 valence electrons. The minimum atomic E-state index is -0.489. The number of carbonyl (C=O) groups is 1. The molecule has 0 atom stereocenters.